The van der Waals surface area contributed by atoms with Gasteiger partial charge in [-0.25, -0.2) is 0 Å². The van der Waals surface area contributed by atoms with Crippen LogP contribution in [-0.4, -0.2) is 50.6 Å². The highest BCUT2D eigenvalue weighted by Crippen LogP contribution is 2.27. The molecule has 7 heteroatoms. The molecule has 26 heavy (non-hydrogen) atoms. The van der Waals surface area contributed by atoms with Crippen molar-refractivity contribution < 1.29 is 9.53 Å². The Hall–Kier alpha value is -1.01. The van der Waals surface area contributed by atoms with E-state index < -0.39 is 0 Å². The molecule has 2 N–H and O–H groups in total. The number of carbonyl (C=O) groups excluding carboxylic acids is 1. The van der Waals surface area contributed by atoms with Crippen molar-refractivity contribution in [3.8, 4) is 5.75 Å². The van der Waals surface area contributed by atoms with Gasteiger partial charge in [-0.15, -0.1) is 24.8 Å². The van der Waals surface area contributed by atoms with Gasteiger partial charge < -0.3 is 15.4 Å². The van der Waals surface area contributed by atoms with Crippen LogP contribution in [0.15, 0.2) is 24.3 Å². The Morgan fingerprint density at radius 3 is 2.73 bits per heavy atom. The molecular formula is C19H31Cl2N3O2. The minimum atomic E-state index is 0. The number of carbonyl (C=O) groups is 1. The molecule has 148 valence electrons. The summed E-state index contributed by atoms with van der Waals surface area (Å²) in [5.74, 6) is 1.18. The molecule has 5 nitrogen and oxygen atoms in total. The van der Waals surface area contributed by atoms with E-state index >= 15 is 0 Å². The monoisotopic (exact) mass is 403 g/mol. The summed E-state index contributed by atoms with van der Waals surface area (Å²) >= 11 is 0. The maximum atomic E-state index is 12.5. The largest absolute Gasteiger partial charge is 0.497 e. The van der Waals surface area contributed by atoms with Gasteiger partial charge in [0.15, 0.2) is 0 Å². The van der Waals surface area contributed by atoms with Crippen molar-refractivity contribution in [1.82, 2.24) is 15.5 Å². The SMILES string of the molecule is COc1cccc(C(CNC(=O)C2CCCNC2)N2CCCC2)c1.Cl.Cl. The Morgan fingerprint density at radius 1 is 1.31 bits per heavy atom. The number of ether oxygens (including phenoxy) is 1. The lowest BCUT2D eigenvalue weighted by molar-refractivity contribution is -0.125. The van der Waals surface area contributed by atoms with Crippen LogP contribution in [0.25, 0.3) is 0 Å². The van der Waals surface area contributed by atoms with Gasteiger partial charge in [-0.1, -0.05) is 12.1 Å². The van der Waals surface area contributed by atoms with Crippen LogP contribution in [0, 0.1) is 5.92 Å². The van der Waals surface area contributed by atoms with E-state index in [9.17, 15) is 4.79 Å². The van der Waals surface area contributed by atoms with Crippen molar-refractivity contribution in [2.24, 2.45) is 5.92 Å². The van der Waals surface area contributed by atoms with Crippen LogP contribution in [0.3, 0.4) is 0 Å². The third-order valence-electron chi connectivity index (χ3n) is 5.20. The maximum Gasteiger partial charge on any atom is 0.224 e. The van der Waals surface area contributed by atoms with E-state index in [1.54, 1.807) is 7.11 Å². The highest BCUT2D eigenvalue weighted by atomic mass is 35.5. The molecule has 2 fully saturated rings. The first kappa shape index (κ1) is 23.0. The van der Waals surface area contributed by atoms with Crippen LogP contribution < -0.4 is 15.4 Å². The summed E-state index contributed by atoms with van der Waals surface area (Å²) in [5.41, 5.74) is 1.22. The molecule has 1 amide bonds. The topological polar surface area (TPSA) is 53.6 Å². The predicted octanol–water partition coefficient (Wildman–Crippen LogP) is 2.79. The van der Waals surface area contributed by atoms with Crippen LogP contribution in [-0.2, 0) is 4.79 Å². The lowest BCUT2D eigenvalue weighted by Gasteiger charge is -2.29. The highest BCUT2D eigenvalue weighted by molar-refractivity contribution is 5.85. The van der Waals surface area contributed by atoms with E-state index in [-0.39, 0.29) is 42.7 Å². The molecule has 0 saturated carbocycles. The van der Waals surface area contributed by atoms with Crippen molar-refractivity contribution in [2.45, 2.75) is 31.7 Å². The molecule has 1 aromatic carbocycles. The van der Waals surface area contributed by atoms with Crippen molar-refractivity contribution >= 4 is 30.7 Å². The van der Waals surface area contributed by atoms with E-state index in [1.807, 2.05) is 12.1 Å². The van der Waals surface area contributed by atoms with Gasteiger partial charge in [0, 0.05) is 13.1 Å². The minimum Gasteiger partial charge on any atom is -0.497 e. The molecule has 2 saturated heterocycles. The Kier molecular flexibility index (Phi) is 10.3. The summed E-state index contributed by atoms with van der Waals surface area (Å²) < 4.78 is 5.37. The van der Waals surface area contributed by atoms with E-state index in [1.165, 1.54) is 18.4 Å². The Bertz CT molecular complexity index is 547. The zero-order chi connectivity index (χ0) is 16.8. The lowest BCUT2D eigenvalue weighted by atomic mass is 9.98. The molecule has 2 atom stereocenters. The fourth-order valence-electron chi connectivity index (χ4n) is 3.78. The number of benzene rings is 1. The number of rotatable bonds is 6. The third kappa shape index (κ3) is 6.02. The summed E-state index contributed by atoms with van der Waals surface area (Å²) in [7, 11) is 1.70. The summed E-state index contributed by atoms with van der Waals surface area (Å²) in [5, 5.41) is 6.52. The first-order valence-corrected chi connectivity index (χ1v) is 9.14. The quantitative estimate of drug-likeness (QED) is 0.766. The van der Waals surface area contributed by atoms with Crippen molar-refractivity contribution in [1.29, 1.82) is 0 Å². The van der Waals surface area contributed by atoms with Crippen molar-refractivity contribution in [2.75, 3.05) is 39.8 Å². The van der Waals surface area contributed by atoms with Crippen LogP contribution in [0.2, 0.25) is 0 Å². The van der Waals surface area contributed by atoms with E-state index in [0.717, 1.165) is 44.8 Å². The van der Waals surface area contributed by atoms with Crippen LogP contribution in [0.5, 0.6) is 5.75 Å². The second-order valence-corrected chi connectivity index (χ2v) is 6.82. The number of hydrogen-bond acceptors (Lipinski definition) is 4. The van der Waals surface area contributed by atoms with Gasteiger partial charge in [0.05, 0.1) is 19.1 Å². The molecule has 1 aromatic rings. The number of likely N-dealkylation sites (tertiary alicyclic amines) is 1. The molecule has 0 spiro atoms. The fraction of sp³-hybridized carbons (Fsp3) is 0.632. The second kappa shape index (κ2) is 11.7. The normalized spacial score (nSPS) is 21.2. The second-order valence-electron chi connectivity index (χ2n) is 6.82. The van der Waals surface area contributed by atoms with Crippen molar-refractivity contribution in [3.63, 3.8) is 0 Å². The van der Waals surface area contributed by atoms with Crippen LogP contribution in [0.4, 0.5) is 0 Å². The van der Waals surface area contributed by atoms with Gasteiger partial charge in [0.25, 0.3) is 0 Å². The molecule has 2 unspecified atom stereocenters. The number of hydrogen-bond donors (Lipinski definition) is 2. The average Bonchev–Trinajstić information content (AvgIpc) is 3.17. The Labute approximate surface area is 169 Å². The van der Waals surface area contributed by atoms with Gasteiger partial charge >= 0.3 is 0 Å². The van der Waals surface area contributed by atoms with Gasteiger partial charge in [0.1, 0.15) is 5.75 Å². The number of amides is 1. The summed E-state index contributed by atoms with van der Waals surface area (Å²) in [4.78, 5) is 15.0. The summed E-state index contributed by atoms with van der Waals surface area (Å²) in [6.45, 7) is 4.71. The first-order valence-electron chi connectivity index (χ1n) is 9.14. The van der Waals surface area contributed by atoms with Gasteiger partial charge in [-0.3, -0.25) is 9.69 Å². The van der Waals surface area contributed by atoms with E-state index in [4.69, 9.17) is 4.74 Å². The summed E-state index contributed by atoms with van der Waals surface area (Å²) in [6.07, 6.45) is 4.55. The molecule has 3 rings (SSSR count). The minimum absolute atomic E-state index is 0. The number of nitrogens with one attached hydrogen (secondary N) is 2. The molecule has 0 aromatic heterocycles. The fourth-order valence-corrected chi connectivity index (χ4v) is 3.78. The Balaban J connectivity index is 0.00000169. The average molecular weight is 404 g/mol. The van der Waals surface area contributed by atoms with Crippen molar-refractivity contribution in [3.05, 3.63) is 29.8 Å². The maximum absolute atomic E-state index is 12.5. The molecule has 2 aliphatic heterocycles. The predicted molar refractivity (Wildman–Crippen MR) is 110 cm³/mol. The zero-order valence-electron chi connectivity index (χ0n) is 15.4. The van der Waals surface area contributed by atoms with Gasteiger partial charge in [0.2, 0.25) is 5.91 Å². The third-order valence-corrected chi connectivity index (χ3v) is 5.20. The first-order chi connectivity index (χ1) is 11.8. The Morgan fingerprint density at radius 2 is 2.08 bits per heavy atom. The number of halogens is 2. The highest BCUT2D eigenvalue weighted by Gasteiger charge is 2.26. The van der Waals surface area contributed by atoms with E-state index in [2.05, 4.69) is 27.7 Å². The molecule has 0 bridgehead atoms. The van der Waals surface area contributed by atoms with E-state index in [0.29, 0.717) is 6.54 Å². The zero-order valence-corrected chi connectivity index (χ0v) is 17.0. The van der Waals surface area contributed by atoms with Gasteiger partial charge in [-0.2, -0.15) is 0 Å². The number of nitrogens with zero attached hydrogens (tertiary/aromatic N) is 1. The number of methoxy groups -OCH3 is 1. The molecule has 0 radical (unpaired) electrons. The standard InChI is InChI=1S/C19H29N3O2.2ClH/c1-24-17-8-4-6-15(12-17)18(22-10-2-3-11-22)14-21-19(23)16-7-5-9-20-13-16;;/h4,6,8,12,16,18,20H,2-3,5,7,9-11,13-14H2,1H3,(H,21,23);2*1H. The molecular weight excluding hydrogens is 373 g/mol. The van der Waals surface area contributed by atoms with Crippen LogP contribution >= 0.6 is 24.8 Å². The van der Waals surface area contributed by atoms with Crippen LogP contribution in [0.1, 0.15) is 37.3 Å². The lowest BCUT2D eigenvalue weighted by Crippen LogP contribution is -2.43. The number of piperidine rings is 1. The van der Waals surface area contributed by atoms with Gasteiger partial charge in [-0.05, 0) is 63.0 Å². The summed E-state index contributed by atoms with van der Waals surface area (Å²) in [6, 6.07) is 8.46. The molecule has 0 aliphatic carbocycles. The smallest absolute Gasteiger partial charge is 0.224 e. The molecule has 2 aliphatic rings. The molecule has 2 heterocycles.